The summed E-state index contributed by atoms with van der Waals surface area (Å²) in [5, 5.41) is 0.620. The Morgan fingerprint density at radius 1 is 1.38 bits per heavy atom. The number of halogens is 2. The number of pyridine rings is 1. The van der Waals surface area contributed by atoms with Gasteiger partial charge in [-0.25, -0.2) is 13.8 Å². The second-order valence-corrected chi connectivity index (χ2v) is 8.69. The van der Waals surface area contributed by atoms with Crippen LogP contribution >= 0.6 is 11.3 Å². The SMILES string of the molecule is Cc1nc(CC(=O)N2CCC[C@H]2C(N)=O)sc1-c1ccnc(C(C)(CF)CF)c1. The Hall–Kier alpha value is -2.42. The van der Waals surface area contributed by atoms with Crippen molar-refractivity contribution in [2.24, 2.45) is 5.73 Å². The Morgan fingerprint density at radius 2 is 2.10 bits per heavy atom. The van der Waals surface area contributed by atoms with Crippen molar-refractivity contribution in [3.8, 4) is 10.4 Å². The summed E-state index contributed by atoms with van der Waals surface area (Å²) in [6.45, 7) is 2.14. The van der Waals surface area contributed by atoms with Gasteiger partial charge in [0.25, 0.3) is 0 Å². The predicted octanol–water partition coefficient (Wildman–Crippen LogP) is 2.73. The first kappa shape index (κ1) is 21.3. The number of alkyl halides is 2. The number of nitrogens with zero attached hydrogens (tertiary/aromatic N) is 3. The van der Waals surface area contributed by atoms with Crippen LogP contribution in [0.15, 0.2) is 18.3 Å². The summed E-state index contributed by atoms with van der Waals surface area (Å²) in [7, 11) is 0. The van der Waals surface area contributed by atoms with Gasteiger partial charge in [-0.2, -0.15) is 0 Å². The predicted molar refractivity (Wildman–Crippen MR) is 107 cm³/mol. The number of aryl methyl sites for hydroxylation is 1. The molecule has 6 nitrogen and oxygen atoms in total. The molecular weight excluding hydrogens is 398 g/mol. The van der Waals surface area contributed by atoms with Gasteiger partial charge in [0, 0.05) is 12.7 Å². The summed E-state index contributed by atoms with van der Waals surface area (Å²) in [5.41, 5.74) is 5.93. The van der Waals surface area contributed by atoms with Crippen LogP contribution in [0.4, 0.5) is 8.78 Å². The van der Waals surface area contributed by atoms with Crippen LogP contribution in [0.3, 0.4) is 0 Å². The van der Waals surface area contributed by atoms with Gasteiger partial charge in [0.05, 0.1) is 28.1 Å². The molecule has 1 atom stereocenters. The minimum Gasteiger partial charge on any atom is -0.368 e. The van der Waals surface area contributed by atoms with Crippen LogP contribution in [0.2, 0.25) is 0 Å². The van der Waals surface area contributed by atoms with Gasteiger partial charge in [0.2, 0.25) is 11.8 Å². The highest BCUT2D eigenvalue weighted by Gasteiger charge is 2.33. The molecule has 0 radical (unpaired) electrons. The molecular formula is C20H24F2N4O2S. The van der Waals surface area contributed by atoms with Crippen molar-refractivity contribution in [2.45, 2.75) is 44.6 Å². The van der Waals surface area contributed by atoms with Gasteiger partial charge in [-0.05, 0) is 44.4 Å². The average Bonchev–Trinajstić information content (AvgIpc) is 3.34. The second-order valence-electron chi connectivity index (χ2n) is 7.60. The first-order valence-electron chi connectivity index (χ1n) is 9.43. The largest absolute Gasteiger partial charge is 0.368 e. The van der Waals surface area contributed by atoms with E-state index >= 15 is 0 Å². The monoisotopic (exact) mass is 422 g/mol. The van der Waals surface area contributed by atoms with E-state index in [-0.39, 0.29) is 12.3 Å². The second kappa shape index (κ2) is 8.52. The average molecular weight is 423 g/mol. The number of amides is 2. The van der Waals surface area contributed by atoms with E-state index in [0.29, 0.717) is 23.7 Å². The normalized spacial score (nSPS) is 17.0. The van der Waals surface area contributed by atoms with E-state index in [1.54, 1.807) is 12.1 Å². The van der Waals surface area contributed by atoms with Crippen molar-refractivity contribution in [2.75, 3.05) is 19.9 Å². The van der Waals surface area contributed by atoms with Crippen molar-refractivity contribution >= 4 is 23.2 Å². The molecule has 0 saturated carbocycles. The molecule has 3 rings (SSSR count). The third kappa shape index (κ3) is 4.29. The van der Waals surface area contributed by atoms with Crippen LogP contribution in [0.25, 0.3) is 10.4 Å². The van der Waals surface area contributed by atoms with Crippen molar-refractivity contribution in [1.29, 1.82) is 0 Å². The highest BCUT2D eigenvalue weighted by atomic mass is 32.1. The van der Waals surface area contributed by atoms with Gasteiger partial charge in [-0.1, -0.05) is 0 Å². The maximum Gasteiger partial charge on any atom is 0.240 e. The van der Waals surface area contributed by atoms with Crippen LogP contribution in [0.1, 0.15) is 36.2 Å². The molecule has 3 heterocycles. The van der Waals surface area contributed by atoms with Gasteiger partial charge < -0.3 is 10.6 Å². The number of rotatable bonds is 7. The van der Waals surface area contributed by atoms with Crippen molar-refractivity contribution in [3.63, 3.8) is 0 Å². The van der Waals surface area contributed by atoms with E-state index < -0.39 is 30.7 Å². The Balaban J connectivity index is 1.82. The van der Waals surface area contributed by atoms with Gasteiger partial charge in [-0.3, -0.25) is 14.6 Å². The van der Waals surface area contributed by atoms with Gasteiger partial charge in [-0.15, -0.1) is 11.3 Å². The molecule has 1 saturated heterocycles. The fourth-order valence-corrected chi connectivity index (χ4v) is 4.51. The van der Waals surface area contributed by atoms with Crippen LogP contribution in [0.5, 0.6) is 0 Å². The fourth-order valence-electron chi connectivity index (χ4n) is 3.46. The lowest BCUT2D eigenvalue weighted by atomic mass is 9.88. The molecule has 0 aliphatic carbocycles. The minimum atomic E-state index is -1.28. The van der Waals surface area contributed by atoms with Gasteiger partial charge >= 0.3 is 0 Å². The zero-order chi connectivity index (χ0) is 21.2. The fraction of sp³-hybridized carbons (Fsp3) is 0.500. The number of likely N-dealkylation sites (tertiary alicyclic amines) is 1. The van der Waals surface area contributed by atoms with Crippen molar-refractivity contribution in [3.05, 3.63) is 34.7 Å². The van der Waals surface area contributed by atoms with Crippen LogP contribution < -0.4 is 5.73 Å². The van der Waals surface area contributed by atoms with E-state index in [1.807, 2.05) is 6.92 Å². The lowest BCUT2D eigenvalue weighted by Gasteiger charge is -2.22. The summed E-state index contributed by atoms with van der Waals surface area (Å²) >= 11 is 1.35. The molecule has 1 aliphatic rings. The standard InChI is InChI=1S/C20H24F2N4O2S/c1-12-18(13-5-6-24-15(8-13)20(2,10-21)11-22)29-16(25-12)9-17(27)26-7-3-4-14(26)19(23)28/h5-6,8,14H,3-4,7,9-11H2,1-2H3,(H2,23,28)/t14-/m0/s1. The maximum atomic E-state index is 13.4. The number of hydrogen-bond donors (Lipinski definition) is 1. The quantitative estimate of drug-likeness (QED) is 0.743. The first-order chi connectivity index (χ1) is 13.8. The molecule has 0 aromatic carbocycles. The van der Waals surface area contributed by atoms with E-state index in [1.165, 1.54) is 29.4 Å². The molecule has 2 N–H and O–H groups in total. The molecule has 2 aromatic heterocycles. The maximum absolute atomic E-state index is 13.4. The minimum absolute atomic E-state index is 0.0832. The zero-order valence-corrected chi connectivity index (χ0v) is 17.3. The van der Waals surface area contributed by atoms with Crippen molar-refractivity contribution in [1.82, 2.24) is 14.9 Å². The number of carbonyl (C=O) groups is 2. The number of carbonyl (C=O) groups excluding carboxylic acids is 2. The molecule has 0 spiro atoms. The number of hydrogen-bond acceptors (Lipinski definition) is 5. The molecule has 156 valence electrons. The summed E-state index contributed by atoms with van der Waals surface area (Å²) in [4.78, 5) is 35.1. The van der Waals surface area contributed by atoms with Crippen LogP contribution in [-0.2, 0) is 21.4 Å². The zero-order valence-electron chi connectivity index (χ0n) is 16.5. The molecule has 0 unspecified atom stereocenters. The highest BCUT2D eigenvalue weighted by Crippen LogP contribution is 2.33. The molecule has 29 heavy (non-hydrogen) atoms. The Bertz CT molecular complexity index is 914. The smallest absolute Gasteiger partial charge is 0.240 e. The summed E-state index contributed by atoms with van der Waals surface area (Å²) < 4.78 is 26.7. The third-order valence-electron chi connectivity index (χ3n) is 5.28. The Labute approximate surface area is 172 Å². The summed E-state index contributed by atoms with van der Waals surface area (Å²) in [6, 6.07) is 2.88. The summed E-state index contributed by atoms with van der Waals surface area (Å²) in [6.07, 6.45) is 2.95. The van der Waals surface area contributed by atoms with E-state index in [9.17, 15) is 18.4 Å². The van der Waals surface area contributed by atoms with E-state index in [2.05, 4.69) is 9.97 Å². The number of thiazole rings is 1. The van der Waals surface area contributed by atoms with Gasteiger partial charge in [0.15, 0.2) is 0 Å². The van der Waals surface area contributed by atoms with Crippen LogP contribution in [-0.4, -0.2) is 52.6 Å². The molecule has 9 heteroatoms. The Morgan fingerprint density at radius 3 is 2.76 bits per heavy atom. The number of primary amides is 1. The van der Waals surface area contributed by atoms with Crippen LogP contribution in [0, 0.1) is 6.92 Å². The Kier molecular flexibility index (Phi) is 6.26. The highest BCUT2D eigenvalue weighted by molar-refractivity contribution is 7.15. The van der Waals surface area contributed by atoms with Crippen molar-refractivity contribution < 1.29 is 18.4 Å². The third-order valence-corrected chi connectivity index (χ3v) is 6.48. The lowest BCUT2D eigenvalue weighted by molar-refractivity contribution is -0.136. The molecule has 2 amide bonds. The molecule has 1 aliphatic heterocycles. The lowest BCUT2D eigenvalue weighted by Crippen LogP contribution is -2.44. The molecule has 2 aromatic rings. The van der Waals surface area contributed by atoms with E-state index in [4.69, 9.17) is 5.73 Å². The van der Waals surface area contributed by atoms with Gasteiger partial charge in [0.1, 0.15) is 24.4 Å². The number of nitrogens with two attached hydrogens (primary N) is 1. The van der Waals surface area contributed by atoms with E-state index in [0.717, 1.165) is 22.6 Å². The molecule has 1 fully saturated rings. The number of aromatic nitrogens is 2. The topological polar surface area (TPSA) is 89.2 Å². The molecule has 0 bridgehead atoms. The first-order valence-corrected chi connectivity index (χ1v) is 10.2. The summed E-state index contributed by atoms with van der Waals surface area (Å²) in [5.74, 6) is -0.663.